The van der Waals surface area contributed by atoms with Crippen molar-refractivity contribution >= 4 is 32.7 Å². The molecule has 0 saturated heterocycles. The van der Waals surface area contributed by atoms with Crippen LogP contribution in [-0.4, -0.2) is 23.4 Å². The molecule has 0 fully saturated rings. The summed E-state index contributed by atoms with van der Waals surface area (Å²) in [5.74, 6) is 0. The minimum absolute atomic E-state index is 1.10. The van der Waals surface area contributed by atoms with Crippen molar-refractivity contribution < 1.29 is 0 Å². The summed E-state index contributed by atoms with van der Waals surface area (Å²) in [5, 5.41) is 2.34. The molecule has 0 N–H and O–H groups in total. The maximum atomic E-state index is 5.07. The van der Waals surface area contributed by atoms with Crippen LogP contribution < -0.4 is 3.02 Å². The van der Waals surface area contributed by atoms with Gasteiger partial charge >= 0.3 is 135 Å². The molecule has 0 amide bonds. The Morgan fingerprint density at radius 1 is 0.900 bits per heavy atom. The van der Waals surface area contributed by atoms with Crippen molar-refractivity contribution in [3.8, 4) is 0 Å². The van der Waals surface area contributed by atoms with E-state index in [1.807, 2.05) is 11.3 Å². The number of nitrogens with zero attached hydrogens (tertiary/aromatic N) is 1. The summed E-state index contributed by atoms with van der Waals surface area (Å²) in [6.45, 7) is 9.26. The number of hydrogen-bond acceptors (Lipinski definition) is 2. The molecule has 20 heavy (non-hydrogen) atoms. The number of unbranched alkanes of at least 4 members (excludes halogenated alkanes) is 3. The summed E-state index contributed by atoms with van der Waals surface area (Å²) in [5.41, 5.74) is 1.34. The average molecular weight is 402 g/mol. The van der Waals surface area contributed by atoms with E-state index in [-0.39, 0.29) is 0 Å². The average Bonchev–Trinajstić information content (AvgIpc) is 2.96. The predicted molar refractivity (Wildman–Crippen MR) is 96.0 cm³/mol. The van der Waals surface area contributed by atoms with E-state index >= 15 is 0 Å². The standard InChI is InChI=1S/C5H6NS.3C4H9.Sn/c1-2-5-3-7-4-6-5;3*1-3-4-2;/h3H,2H2,1H3;3*1,3-4H2,2H3;. The Bertz CT molecular complexity index is 340. The van der Waals surface area contributed by atoms with Crippen molar-refractivity contribution in [2.75, 3.05) is 0 Å². The van der Waals surface area contributed by atoms with E-state index in [9.17, 15) is 0 Å². The monoisotopic (exact) mass is 403 g/mol. The fourth-order valence-electron chi connectivity index (χ4n) is 2.95. The fourth-order valence-corrected chi connectivity index (χ4v) is 22.4. The van der Waals surface area contributed by atoms with Gasteiger partial charge in [-0.15, -0.1) is 0 Å². The van der Waals surface area contributed by atoms with Crippen LogP contribution in [0.2, 0.25) is 13.3 Å². The van der Waals surface area contributed by atoms with E-state index in [2.05, 4.69) is 33.1 Å². The molecule has 0 bridgehead atoms. The van der Waals surface area contributed by atoms with E-state index < -0.39 is 18.4 Å². The summed E-state index contributed by atoms with van der Waals surface area (Å²) in [7, 11) is 0. The van der Waals surface area contributed by atoms with Crippen LogP contribution in [-0.2, 0) is 6.42 Å². The molecule has 116 valence electrons. The third-order valence-electron chi connectivity index (χ3n) is 4.39. The molecule has 0 spiro atoms. The molecule has 1 nitrogen and oxygen atoms in total. The molecule has 1 aromatic heterocycles. The third kappa shape index (κ3) is 5.32. The van der Waals surface area contributed by atoms with Crippen LogP contribution in [0.3, 0.4) is 0 Å². The van der Waals surface area contributed by atoms with Crippen molar-refractivity contribution in [2.45, 2.75) is 86.0 Å². The topological polar surface area (TPSA) is 12.9 Å². The van der Waals surface area contributed by atoms with Crippen LogP contribution in [0.5, 0.6) is 0 Å². The molecular formula is C17H33NSSn. The summed E-state index contributed by atoms with van der Waals surface area (Å²) in [4.78, 5) is 5.07. The van der Waals surface area contributed by atoms with Gasteiger partial charge in [0.15, 0.2) is 0 Å². The SMILES string of the molecule is CCC[CH2][Sn]([CH2]CCC)([CH2]CCC)[c]1nc(CC)cs1. The van der Waals surface area contributed by atoms with Gasteiger partial charge in [-0.3, -0.25) is 0 Å². The van der Waals surface area contributed by atoms with Crippen molar-refractivity contribution in [1.29, 1.82) is 0 Å². The van der Waals surface area contributed by atoms with Crippen molar-refractivity contribution in [3.05, 3.63) is 11.1 Å². The van der Waals surface area contributed by atoms with Crippen molar-refractivity contribution in [3.63, 3.8) is 0 Å². The quantitative estimate of drug-likeness (QED) is 0.429. The maximum absolute atomic E-state index is 5.07. The third-order valence-corrected chi connectivity index (χ3v) is 23.1. The van der Waals surface area contributed by atoms with Gasteiger partial charge in [0.1, 0.15) is 0 Å². The molecular weight excluding hydrogens is 369 g/mol. The Kier molecular flexibility index (Phi) is 9.43. The Morgan fingerprint density at radius 2 is 1.40 bits per heavy atom. The van der Waals surface area contributed by atoms with Gasteiger partial charge in [0, 0.05) is 0 Å². The minimum atomic E-state index is -2.19. The van der Waals surface area contributed by atoms with Gasteiger partial charge in [0.05, 0.1) is 0 Å². The molecule has 1 heterocycles. The van der Waals surface area contributed by atoms with Crippen LogP contribution in [0.15, 0.2) is 5.38 Å². The summed E-state index contributed by atoms with van der Waals surface area (Å²) >= 11 is -0.177. The molecule has 0 aliphatic heterocycles. The summed E-state index contributed by atoms with van der Waals surface area (Å²) in [6, 6.07) is 0. The second-order valence-electron chi connectivity index (χ2n) is 6.09. The number of aromatic nitrogens is 1. The second kappa shape index (κ2) is 10.2. The molecule has 0 unspecified atom stereocenters. The van der Waals surface area contributed by atoms with Gasteiger partial charge < -0.3 is 0 Å². The fraction of sp³-hybridized carbons (Fsp3) is 0.824. The van der Waals surface area contributed by atoms with E-state index in [0.717, 1.165) is 6.42 Å². The molecule has 0 atom stereocenters. The van der Waals surface area contributed by atoms with Gasteiger partial charge in [-0.1, -0.05) is 0 Å². The summed E-state index contributed by atoms with van der Waals surface area (Å²) < 4.78 is 6.28. The van der Waals surface area contributed by atoms with E-state index in [1.165, 1.54) is 44.2 Å². The summed E-state index contributed by atoms with van der Waals surface area (Å²) in [6.07, 6.45) is 9.46. The first-order chi connectivity index (χ1) is 9.72. The molecule has 1 rings (SSSR count). The zero-order valence-electron chi connectivity index (χ0n) is 14.0. The molecule has 0 aromatic carbocycles. The Morgan fingerprint density at radius 3 is 1.75 bits per heavy atom. The molecule has 1 aromatic rings. The zero-order chi connectivity index (χ0) is 14.8. The van der Waals surface area contributed by atoms with E-state index in [4.69, 9.17) is 4.98 Å². The zero-order valence-corrected chi connectivity index (χ0v) is 17.7. The molecule has 0 aliphatic rings. The second-order valence-corrected chi connectivity index (χ2v) is 20.9. The van der Waals surface area contributed by atoms with Gasteiger partial charge in [0.2, 0.25) is 0 Å². The first kappa shape index (κ1) is 18.5. The number of thiazole rings is 1. The van der Waals surface area contributed by atoms with Crippen molar-refractivity contribution in [2.24, 2.45) is 0 Å². The molecule has 0 radical (unpaired) electrons. The van der Waals surface area contributed by atoms with Gasteiger partial charge in [-0.2, -0.15) is 0 Å². The van der Waals surface area contributed by atoms with E-state index in [0.29, 0.717) is 0 Å². The molecule has 3 heteroatoms. The van der Waals surface area contributed by atoms with Gasteiger partial charge in [0.25, 0.3) is 0 Å². The van der Waals surface area contributed by atoms with E-state index in [1.54, 1.807) is 16.3 Å². The Hall–Kier alpha value is 0.429. The first-order valence-electron chi connectivity index (χ1n) is 8.67. The Balaban J connectivity index is 2.97. The van der Waals surface area contributed by atoms with Crippen LogP contribution in [0.1, 0.15) is 71.9 Å². The van der Waals surface area contributed by atoms with Crippen LogP contribution in [0, 0.1) is 0 Å². The van der Waals surface area contributed by atoms with Gasteiger partial charge in [-0.05, 0) is 0 Å². The van der Waals surface area contributed by atoms with Gasteiger partial charge in [-0.25, -0.2) is 0 Å². The van der Waals surface area contributed by atoms with Crippen LogP contribution in [0.4, 0.5) is 0 Å². The predicted octanol–water partition coefficient (Wildman–Crippen LogP) is 5.76. The molecule has 0 saturated carbocycles. The number of rotatable bonds is 11. The van der Waals surface area contributed by atoms with Crippen molar-refractivity contribution in [1.82, 2.24) is 4.98 Å². The number of aryl methyl sites for hydroxylation is 1. The molecule has 0 aliphatic carbocycles. The number of hydrogen-bond donors (Lipinski definition) is 0. The van der Waals surface area contributed by atoms with Crippen LogP contribution in [0.25, 0.3) is 0 Å². The normalized spacial score (nSPS) is 12.0. The Labute approximate surface area is 134 Å². The first-order valence-corrected chi connectivity index (χ1v) is 17.0. The van der Waals surface area contributed by atoms with Crippen LogP contribution >= 0.6 is 11.3 Å².